The number of aryl methyl sites for hydroxylation is 2. The zero-order chi connectivity index (χ0) is 13.7. The summed E-state index contributed by atoms with van der Waals surface area (Å²) in [6, 6.07) is 2.49. The average molecular weight is 264 g/mol. The molecule has 0 bridgehead atoms. The van der Waals surface area contributed by atoms with Crippen molar-refractivity contribution < 1.29 is 4.74 Å². The van der Waals surface area contributed by atoms with Gasteiger partial charge in [0.1, 0.15) is 11.6 Å². The molecule has 1 N–H and O–H groups in total. The highest BCUT2D eigenvalue weighted by atomic mass is 16.5. The van der Waals surface area contributed by atoms with Gasteiger partial charge in [-0.2, -0.15) is 0 Å². The van der Waals surface area contributed by atoms with Crippen molar-refractivity contribution in [1.82, 2.24) is 14.9 Å². The lowest BCUT2D eigenvalue weighted by Gasteiger charge is -2.33. The van der Waals surface area contributed by atoms with Crippen molar-refractivity contribution in [2.75, 3.05) is 38.7 Å². The molecule has 0 unspecified atom stereocenters. The molecule has 19 heavy (non-hydrogen) atoms. The molecule has 5 nitrogen and oxygen atoms in total. The number of methoxy groups -OCH3 is 1. The monoisotopic (exact) mass is 264 g/mol. The average Bonchev–Trinajstić information content (AvgIpc) is 2.35. The van der Waals surface area contributed by atoms with Gasteiger partial charge in [-0.25, -0.2) is 9.97 Å². The second-order valence-electron chi connectivity index (χ2n) is 5.22. The Morgan fingerprint density at radius 1 is 1.42 bits per heavy atom. The predicted octanol–water partition coefficient (Wildman–Crippen LogP) is 1.62. The Morgan fingerprint density at radius 3 is 3.00 bits per heavy atom. The molecule has 106 valence electrons. The predicted molar refractivity (Wildman–Crippen MR) is 76.5 cm³/mol. The fourth-order valence-electron chi connectivity index (χ4n) is 2.60. The Labute approximate surface area is 115 Å². The van der Waals surface area contributed by atoms with Crippen LogP contribution in [0.15, 0.2) is 6.07 Å². The van der Waals surface area contributed by atoms with Gasteiger partial charge >= 0.3 is 0 Å². The molecule has 0 spiro atoms. The van der Waals surface area contributed by atoms with Crippen LogP contribution in [0.4, 0.5) is 5.82 Å². The third-order valence-corrected chi connectivity index (χ3v) is 3.44. The van der Waals surface area contributed by atoms with Crippen LogP contribution in [-0.2, 0) is 4.74 Å². The third-order valence-electron chi connectivity index (χ3n) is 3.44. The molecule has 0 amide bonds. The Kier molecular flexibility index (Phi) is 5.10. The van der Waals surface area contributed by atoms with Crippen LogP contribution in [0.2, 0.25) is 0 Å². The number of ether oxygens (including phenoxy) is 1. The Balaban J connectivity index is 1.91. The first-order valence-electron chi connectivity index (χ1n) is 6.97. The van der Waals surface area contributed by atoms with Gasteiger partial charge in [0.25, 0.3) is 0 Å². The smallest absolute Gasteiger partial charge is 0.130 e. The molecule has 5 heteroatoms. The van der Waals surface area contributed by atoms with Crippen LogP contribution in [0.3, 0.4) is 0 Å². The second-order valence-corrected chi connectivity index (χ2v) is 5.22. The van der Waals surface area contributed by atoms with E-state index in [0.717, 1.165) is 37.0 Å². The molecule has 1 aromatic heterocycles. The molecular weight excluding hydrogens is 240 g/mol. The first-order valence-corrected chi connectivity index (χ1v) is 6.97. The van der Waals surface area contributed by atoms with Crippen molar-refractivity contribution in [2.24, 2.45) is 0 Å². The van der Waals surface area contributed by atoms with Crippen molar-refractivity contribution in [3.63, 3.8) is 0 Å². The van der Waals surface area contributed by atoms with E-state index in [9.17, 15) is 0 Å². The van der Waals surface area contributed by atoms with E-state index in [1.54, 1.807) is 7.11 Å². The molecule has 0 aromatic carbocycles. The normalized spacial score (nSPS) is 20.5. The minimum Gasteiger partial charge on any atom is -0.383 e. The lowest BCUT2D eigenvalue weighted by atomic mass is 10.1. The maximum absolute atomic E-state index is 5.15. The van der Waals surface area contributed by atoms with Gasteiger partial charge in [-0.05, 0) is 33.2 Å². The van der Waals surface area contributed by atoms with Crippen LogP contribution >= 0.6 is 0 Å². The van der Waals surface area contributed by atoms with E-state index in [0.29, 0.717) is 6.04 Å². The number of aromatic nitrogens is 2. The lowest BCUT2D eigenvalue weighted by molar-refractivity contribution is 0.131. The van der Waals surface area contributed by atoms with Gasteiger partial charge in [0.2, 0.25) is 0 Å². The largest absolute Gasteiger partial charge is 0.383 e. The summed E-state index contributed by atoms with van der Waals surface area (Å²) < 4.78 is 5.15. The number of nitrogens with zero attached hydrogens (tertiary/aromatic N) is 3. The molecule has 1 saturated heterocycles. The minimum atomic E-state index is 0.472. The van der Waals surface area contributed by atoms with E-state index >= 15 is 0 Å². The first kappa shape index (κ1) is 14.2. The summed E-state index contributed by atoms with van der Waals surface area (Å²) in [7, 11) is 1.76. The second kappa shape index (κ2) is 6.82. The fraction of sp³-hybridized carbons (Fsp3) is 0.714. The van der Waals surface area contributed by atoms with Crippen molar-refractivity contribution >= 4 is 5.82 Å². The SMILES string of the molecule is COCCN1CCC[C@H](Nc2cc(C)nc(C)n2)C1. The van der Waals surface area contributed by atoms with Crippen LogP contribution in [0.1, 0.15) is 24.4 Å². The molecule has 0 radical (unpaired) electrons. The summed E-state index contributed by atoms with van der Waals surface area (Å²) in [5.74, 6) is 1.78. The van der Waals surface area contributed by atoms with Gasteiger partial charge < -0.3 is 10.1 Å². The van der Waals surface area contributed by atoms with Crippen LogP contribution < -0.4 is 5.32 Å². The van der Waals surface area contributed by atoms with E-state index in [-0.39, 0.29) is 0 Å². The summed E-state index contributed by atoms with van der Waals surface area (Å²) in [5.41, 5.74) is 1.02. The van der Waals surface area contributed by atoms with Gasteiger partial charge in [-0.3, -0.25) is 4.90 Å². The van der Waals surface area contributed by atoms with Crippen molar-refractivity contribution in [1.29, 1.82) is 0 Å². The van der Waals surface area contributed by atoms with E-state index in [4.69, 9.17) is 4.74 Å². The van der Waals surface area contributed by atoms with Gasteiger partial charge in [0, 0.05) is 38.0 Å². The van der Waals surface area contributed by atoms with E-state index < -0.39 is 0 Å². The highest BCUT2D eigenvalue weighted by Crippen LogP contribution is 2.15. The molecule has 0 saturated carbocycles. The maximum Gasteiger partial charge on any atom is 0.130 e. The highest BCUT2D eigenvalue weighted by Gasteiger charge is 2.19. The zero-order valence-corrected chi connectivity index (χ0v) is 12.1. The van der Waals surface area contributed by atoms with Crippen molar-refractivity contribution in [3.8, 4) is 0 Å². The molecule has 1 aliphatic rings. The molecule has 0 aliphatic carbocycles. The van der Waals surface area contributed by atoms with E-state index in [2.05, 4.69) is 20.2 Å². The topological polar surface area (TPSA) is 50.3 Å². The third kappa shape index (κ3) is 4.44. The molecule has 1 aromatic rings. The summed E-state index contributed by atoms with van der Waals surface area (Å²) in [6.45, 7) is 7.99. The fourth-order valence-corrected chi connectivity index (χ4v) is 2.60. The first-order chi connectivity index (χ1) is 9.17. The number of rotatable bonds is 5. The quantitative estimate of drug-likeness (QED) is 0.875. The minimum absolute atomic E-state index is 0.472. The Hall–Kier alpha value is -1.20. The summed E-state index contributed by atoms with van der Waals surface area (Å²) in [5, 5.41) is 3.54. The highest BCUT2D eigenvalue weighted by molar-refractivity contribution is 5.37. The Bertz CT molecular complexity index is 390. The zero-order valence-electron chi connectivity index (χ0n) is 12.1. The summed E-state index contributed by atoms with van der Waals surface area (Å²) in [6.07, 6.45) is 2.43. The van der Waals surface area contributed by atoms with Gasteiger partial charge in [0.15, 0.2) is 0 Å². The lowest BCUT2D eigenvalue weighted by Crippen LogP contribution is -2.43. The maximum atomic E-state index is 5.15. The molecule has 1 aliphatic heterocycles. The van der Waals surface area contributed by atoms with Gasteiger partial charge in [-0.15, -0.1) is 0 Å². The Morgan fingerprint density at radius 2 is 2.26 bits per heavy atom. The van der Waals surface area contributed by atoms with E-state index in [1.165, 1.54) is 19.4 Å². The van der Waals surface area contributed by atoms with Gasteiger partial charge in [0.05, 0.1) is 6.61 Å². The molecule has 2 heterocycles. The number of likely N-dealkylation sites (tertiary alicyclic amines) is 1. The van der Waals surface area contributed by atoms with Gasteiger partial charge in [-0.1, -0.05) is 0 Å². The number of nitrogens with one attached hydrogen (secondary N) is 1. The van der Waals surface area contributed by atoms with E-state index in [1.807, 2.05) is 19.9 Å². The number of hydrogen-bond acceptors (Lipinski definition) is 5. The van der Waals surface area contributed by atoms with Crippen LogP contribution in [-0.4, -0.2) is 54.3 Å². The van der Waals surface area contributed by atoms with Crippen molar-refractivity contribution in [2.45, 2.75) is 32.7 Å². The van der Waals surface area contributed by atoms with Crippen molar-refractivity contribution in [3.05, 3.63) is 17.6 Å². The molecule has 1 fully saturated rings. The number of hydrogen-bond donors (Lipinski definition) is 1. The van der Waals surface area contributed by atoms with Crippen LogP contribution in [0.25, 0.3) is 0 Å². The standard InChI is InChI=1S/C14H24N4O/c1-11-9-14(16-12(2)15-11)17-13-5-4-6-18(10-13)7-8-19-3/h9,13H,4-8,10H2,1-3H3,(H,15,16,17)/t13-/m0/s1. The van der Waals surface area contributed by atoms with Crippen LogP contribution in [0, 0.1) is 13.8 Å². The summed E-state index contributed by atoms with van der Waals surface area (Å²) in [4.78, 5) is 11.2. The molecule has 2 rings (SSSR count). The summed E-state index contributed by atoms with van der Waals surface area (Å²) >= 11 is 0. The molecule has 1 atom stereocenters. The number of anilines is 1. The van der Waals surface area contributed by atoms with Crippen LogP contribution in [0.5, 0.6) is 0 Å². The molecular formula is C14H24N4O. The number of piperidine rings is 1.